The minimum Gasteiger partial charge on any atom is -0.280 e. The van der Waals surface area contributed by atoms with Crippen molar-refractivity contribution >= 4 is 15.7 Å². The van der Waals surface area contributed by atoms with Gasteiger partial charge in [-0.25, -0.2) is 12.8 Å². The van der Waals surface area contributed by atoms with E-state index in [1.54, 1.807) is 30.3 Å². The lowest BCUT2D eigenvalue weighted by Gasteiger charge is -2.12. The zero-order chi connectivity index (χ0) is 15.5. The van der Waals surface area contributed by atoms with Gasteiger partial charge in [-0.15, -0.1) is 0 Å². The van der Waals surface area contributed by atoms with Crippen LogP contribution in [0.4, 0.5) is 10.1 Å². The van der Waals surface area contributed by atoms with Gasteiger partial charge in [0.2, 0.25) is 10.0 Å². The fraction of sp³-hybridized carbons (Fsp3) is 0.250. The number of hydrogen-bond acceptors (Lipinski definition) is 2. The van der Waals surface area contributed by atoms with E-state index in [-0.39, 0.29) is 11.4 Å². The van der Waals surface area contributed by atoms with Gasteiger partial charge in [-0.05, 0) is 42.2 Å². The van der Waals surface area contributed by atoms with E-state index in [4.69, 9.17) is 0 Å². The highest BCUT2D eigenvalue weighted by Gasteiger charge is 2.15. The Morgan fingerprint density at radius 1 is 1.14 bits per heavy atom. The molecule has 0 aliphatic heterocycles. The van der Waals surface area contributed by atoms with E-state index >= 15 is 0 Å². The zero-order valence-electron chi connectivity index (χ0n) is 12.1. The summed E-state index contributed by atoms with van der Waals surface area (Å²) in [6, 6.07) is 11.7. The highest BCUT2D eigenvalue weighted by atomic mass is 32.2. The molecule has 1 N–H and O–H groups in total. The van der Waals surface area contributed by atoms with Crippen LogP contribution in [0.2, 0.25) is 0 Å². The second-order valence-corrected chi connectivity index (χ2v) is 6.68. The maximum absolute atomic E-state index is 13.9. The van der Waals surface area contributed by atoms with E-state index in [2.05, 4.69) is 4.72 Å². The van der Waals surface area contributed by atoms with Crippen molar-refractivity contribution < 1.29 is 12.8 Å². The van der Waals surface area contributed by atoms with E-state index in [9.17, 15) is 12.8 Å². The Kier molecular flexibility index (Phi) is 4.63. The SMILES string of the molecule is CCc1cc(NS(=O)(=O)Cc2ccccc2)c(F)cc1C. The number of benzene rings is 2. The highest BCUT2D eigenvalue weighted by Crippen LogP contribution is 2.22. The Hall–Kier alpha value is -1.88. The Labute approximate surface area is 124 Å². The molecule has 0 atom stereocenters. The Balaban J connectivity index is 2.24. The Morgan fingerprint density at radius 3 is 2.43 bits per heavy atom. The van der Waals surface area contributed by atoms with E-state index < -0.39 is 15.8 Å². The van der Waals surface area contributed by atoms with Crippen LogP contribution in [-0.2, 0) is 22.2 Å². The number of anilines is 1. The quantitative estimate of drug-likeness (QED) is 0.916. The molecule has 2 aromatic carbocycles. The second-order valence-electron chi connectivity index (χ2n) is 4.96. The summed E-state index contributed by atoms with van der Waals surface area (Å²) in [5, 5.41) is 0. The summed E-state index contributed by atoms with van der Waals surface area (Å²) in [5.74, 6) is -0.732. The van der Waals surface area contributed by atoms with Gasteiger partial charge in [0.05, 0.1) is 11.4 Å². The van der Waals surface area contributed by atoms with Gasteiger partial charge in [0, 0.05) is 0 Å². The molecule has 0 amide bonds. The minimum atomic E-state index is -3.64. The summed E-state index contributed by atoms with van der Waals surface area (Å²) in [6.45, 7) is 3.76. The fourth-order valence-corrected chi connectivity index (χ4v) is 3.37. The largest absolute Gasteiger partial charge is 0.280 e. The Morgan fingerprint density at radius 2 is 1.81 bits per heavy atom. The third kappa shape index (κ3) is 4.04. The zero-order valence-corrected chi connectivity index (χ0v) is 12.9. The van der Waals surface area contributed by atoms with Gasteiger partial charge in [0.1, 0.15) is 5.82 Å². The van der Waals surface area contributed by atoms with Gasteiger partial charge in [0.25, 0.3) is 0 Å². The number of halogens is 1. The molecule has 112 valence electrons. The molecule has 0 fully saturated rings. The molecule has 0 saturated carbocycles. The van der Waals surface area contributed by atoms with Crippen LogP contribution >= 0.6 is 0 Å². The molecule has 0 unspecified atom stereocenters. The molecule has 0 radical (unpaired) electrons. The molecule has 0 aliphatic rings. The summed E-state index contributed by atoms with van der Waals surface area (Å²) in [5.41, 5.74) is 2.41. The molecule has 0 bridgehead atoms. The first-order valence-electron chi connectivity index (χ1n) is 6.74. The molecule has 0 spiro atoms. The normalized spacial score (nSPS) is 11.4. The van der Waals surface area contributed by atoms with Crippen LogP contribution in [-0.4, -0.2) is 8.42 Å². The lowest BCUT2D eigenvalue weighted by Crippen LogP contribution is -2.16. The van der Waals surface area contributed by atoms with E-state index in [0.29, 0.717) is 5.56 Å². The van der Waals surface area contributed by atoms with Gasteiger partial charge in [-0.1, -0.05) is 37.3 Å². The van der Waals surface area contributed by atoms with Gasteiger partial charge >= 0.3 is 0 Å². The van der Waals surface area contributed by atoms with Gasteiger partial charge in [-0.3, -0.25) is 4.72 Å². The molecule has 0 saturated heterocycles. The first-order valence-corrected chi connectivity index (χ1v) is 8.40. The van der Waals surface area contributed by atoms with Crippen molar-refractivity contribution in [2.75, 3.05) is 4.72 Å². The lowest BCUT2D eigenvalue weighted by atomic mass is 10.1. The molecule has 0 heterocycles. The summed E-state index contributed by atoms with van der Waals surface area (Å²) >= 11 is 0. The topological polar surface area (TPSA) is 46.2 Å². The third-order valence-electron chi connectivity index (χ3n) is 3.27. The van der Waals surface area contributed by atoms with Crippen LogP contribution in [0.15, 0.2) is 42.5 Å². The fourth-order valence-electron chi connectivity index (χ4n) is 2.17. The van der Waals surface area contributed by atoms with E-state index in [1.165, 1.54) is 6.07 Å². The molecule has 5 heteroatoms. The molecule has 0 aliphatic carbocycles. The predicted molar refractivity (Wildman–Crippen MR) is 83.2 cm³/mol. The van der Waals surface area contributed by atoms with Crippen LogP contribution in [0.25, 0.3) is 0 Å². The number of aryl methyl sites for hydroxylation is 2. The second kappa shape index (κ2) is 6.26. The monoisotopic (exact) mass is 307 g/mol. The molecule has 2 rings (SSSR count). The highest BCUT2D eigenvalue weighted by molar-refractivity contribution is 7.91. The van der Waals surface area contributed by atoms with Gasteiger partial charge in [0.15, 0.2) is 0 Å². The Bertz CT molecular complexity index is 727. The van der Waals surface area contributed by atoms with Crippen molar-refractivity contribution in [3.8, 4) is 0 Å². The standard InChI is InChI=1S/C16H18FNO2S/c1-3-14-10-16(15(17)9-12(14)2)18-21(19,20)11-13-7-5-4-6-8-13/h4-10,18H,3,11H2,1-2H3. The van der Waals surface area contributed by atoms with Crippen molar-refractivity contribution in [2.45, 2.75) is 26.0 Å². The van der Waals surface area contributed by atoms with Crippen molar-refractivity contribution in [1.29, 1.82) is 0 Å². The smallest absolute Gasteiger partial charge is 0.237 e. The van der Waals surface area contributed by atoms with E-state index in [0.717, 1.165) is 17.5 Å². The third-order valence-corrected chi connectivity index (χ3v) is 4.52. The first-order chi connectivity index (χ1) is 9.91. The van der Waals surface area contributed by atoms with Crippen LogP contribution in [0.1, 0.15) is 23.6 Å². The van der Waals surface area contributed by atoms with Gasteiger partial charge < -0.3 is 0 Å². The van der Waals surface area contributed by atoms with Crippen LogP contribution in [0.3, 0.4) is 0 Å². The van der Waals surface area contributed by atoms with E-state index in [1.807, 2.05) is 19.9 Å². The molecule has 0 aromatic heterocycles. The molecule has 21 heavy (non-hydrogen) atoms. The lowest BCUT2D eigenvalue weighted by molar-refractivity contribution is 0.597. The maximum Gasteiger partial charge on any atom is 0.237 e. The summed E-state index contributed by atoms with van der Waals surface area (Å²) in [6.07, 6.45) is 0.722. The number of rotatable bonds is 5. The average molecular weight is 307 g/mol. The summed E-state index contributed by atoms with van der Waals surface area (Å²) in [4.78, 5) is 0. The predicted octanol–water partition coefficient (Wildman–Crippen LogP) is 3.64. The molecule has 2 aromatic rings. The molecule has 3 nitrogen and oxygen atoms in total. The first kappa shape index (κ1) is 15.5. The minimum absolute atomic E-state index is 0.00776. The number of hydrogen-bond donors (Lipinski definition) is 1. The average Bonchev–Trinajstić information content (AvgIpc) is 2.42. The van der Waals surface area contributed by atoms with Crippen molar-refractivity contribution in [3.63, 3.8) is 0 Å². The van der Waals surface area contributed by atoms with Crippen molar-refractivity contribution in [2.24, 2.45) is 0 Å². The van der Waals surface area contributed by atoms with Gasteiger partial charge in [-0.2, -0.15) is 0 Å². The van der Waals surface area contributed by atoms with Crippen LogP contribution in [0, 0.1) is 12.7 Å². The summed E-state index contributed by atoms with van der Waals surface area (Å²) in [7, 11) is -3.64. The molecular formula is C16H18FNO2S. The maximum atomic E-state index is 13.9. The molecular weight excluding hydrogens is 289 g/mol. The van der Waals surface area contributed by atoms with Crippen LogP contribution < -0.4 is 4.72 Å². The number of sulfonamides is 1. The van der Waals surface area contributed by atoms with Crippen LogP contribution in [0.5, 0.6) is 0 Å². The van der Waals surface area contributed by atoms with Crippen molar-refractivity contribution in [1.82, 2.24) is 0 Å². The number of nitrogens with one attached hydrogen (secondary N) is 1. The summed E-state index contributed by atoms with van der Waals surface area (Å²) < 4.78 is 40.5. The van der Waals surface area contributed by atoms with Crippen molar-refractivity contribution in [3.05, 3.63) is 65.0 Å².